The number of nitrogens with one attached hydrogen (secondary N) is 2. The summed E-state index contributed by atoms with van der Waals surface area (Å²) in [6, 6.07) is 2.99. The fraction of sp³-hybridized carbons (Fsp3) is 0.485. The molecule has 0 radical (unpaired) electrons. The zero-order valence-electron chi connectivity index (χ0n) is 26.0. The van der Waals surface area contributed by atoms with Crippen molar-refractivity contribution in [3.8, 4) is 11.4 Å². The Morgan fingerprint density at radius 3 is 2.73 bits per heavy atom. The van der Waals surface area contributed by atoms with E-state index >= 15 is 4.39 Å². The topological polar surface area (TPSA) is 123 Å². The second-order valence-electron chi connectivity index (χ2n) is 11.6. The lowest BCUT2D eigenvalue weighted by Gasteiger charge is -2.35. The maximum atomic E-state index is 15.2. The second-order valence-corrected chi connectivity index (χ2v) is 11.6. The fourth-order valence-electron chi connectivity index (χ4n) is 6.72. The molecule has 2 atom stereocenters. The largest absolute Gasteiger partial charge is 0.351 e. The molecule has 2 N–H and O–H groups in total. The van der Waals surface area contributed by atoms with Crippen molar-refractivity contribution in [1.29, 1.82) is 0 Å². The molecule has 1 aliphatic carbocycles. The number of likely N-dealkylation sites (N-methyl/N-ethyl adjacent to an activating group) is 2. The molecule has 234 valence electrons. The van der Waals surface area contributed by atoms with Gasteiger partial charge in [0, 0.05) is 35.5 Å². The van der Waals surface area contributed by atoms with Crippen LogP contribution < -0.4 is 16.2 Å². The number of aromatic nitrogens is 2. The van der Waals surface area contributed by atoms with Gasteiger partial charge in [0.2, 0.25) is 11.8 Å². The summed E-state index contributed by atoms with van der Waals surface area (Å²) in [5, 5.41) is 6.17. The summed E-state index contributed by atoms with van der Waals surface area (Å²) in [7, 11) is 3.38. The normalized spacial score (nSPS) is 15.5. The van der Waals surface area contributed by atoms with Crippen LogP contribution in [0.1, 0.15) is 78.5 Å². The molecule has 5 rings (SSSR count). The number of rotatable bonds is 12. The predicted octanol–water partition coefficient (Wildman–Crippen LogP) is 3.27. The molecular formula is C33H40FN5O5. The van der Waals surface area contributed by atoms with Crippen LogP contribution in [0.5, 0.6) is 0 Å². The number of aryl methyl sites for hydroxylation is 1. The maximum Gasteiger partial charge on any atom is 0.254 e. The minimum atomic E-state index is -0.413. The molecule has 0 saturated carbocycles. The van der Waals surface area contributed by atoms with Gasteiger partial charge in [0.05, 0.1) is 36.0 Å². The van der Waals surface area contributed by atoms with Crippen LogP contribution in [0, 0.1) is 12.7 Å². The third-order valence-corrected chi connectivity index (χ3v) is 9.04. The molecule has 10 nitrogen and oxygen atoms in total. The van der Waals surface area contributed by atoms with Crippen molar-refractivity contribution in [1.82, 2.24) is 25.1 Å². The number of carbonyl (C=O) groups excluding carboxylic acids is 3. The minimum Gasteiger partial charge on any atom is -0.351 e. The van der Waals surface area contributed by atoms with Crippen molar-refractivity contribution in [2.24, 2.45) is 0 Å². The number of aldehydes is 1. The van der Waals surface area contributed by atoms with E-state index in [0.717, 1.165) is 40.3 Å². The van der Waals surface area contributed by atoms with Crippen LogP contribution in [0.15, 0.2) is 16.9 Å². The summed E-state index contributed by atoms with van der Waals surface area (Å²) >= 11 is 0. The first kappa shape index (κ1) is 31.5. The van der Waals surface area contributed by atoms with Gasteiger partial charge in [0.15, 0.2) is 0 Å². The average Bonchev–Trinajstić information content (AvgIpc) is 3.38. The number of hydrogen-bond donors (Lipinski definition) is 2. The van der Waals surface area contributed by atoms with E-state index in [9.17, 15) is 19.2 Å². The van der Waals surface area contributed by atoms with Crippen LogP contribution in [-0.4, -0.2) is 66.5 Å². The molecule has 3 aromatic rings. The highest BCUT2D eigenvalue weighted by atomic mass is 19.1. The number of nitrogens with zero attached hydrogens (tertiary/aromatic N) is 3. The molecule has 1 aliphatic heterocycles. The quantitative estimate of drug-likeness (QED) is 0.144. The lowest BCUT2D eigenvalue weighted by atomic mass is 9.81. The maximum absolute atomic E-state index is 15.2. The second kappa shape index (κ2) is 13.0. The number of ether oxygens (including phenoxy) is 1. The fourth-order valence-corrected chi connectivity index (χ4v) is 6.72. The van der Waals surface area contributed by atoms with Gasteiger partial charge in [-0.25, -0.2) is 9.37 Å². The van der Waals surface area contributed by atoms with Gasteiger partial charge in [0.25, 0.3) is 5.56 Å². The molecule has 2 aromatic heterocycles. The minimum absolute atomic E-state index is 0.0961. The number of benzene rings is 1. The summed E-state index contributed by atoms with van der Waals surface area (Å²) in [5.74, 6) is -1.27. The number of carbonyl (C=O) groups is 3. The van der Waals surface area contributed by atoms with E-state index in [0.29, 0.717) is 53.7 Å². The van der Waals surface area contributed by atoms with E-state index < -0.39 is 5.92 Å². The number of hydrogen-bond acceptors (Lipinski definition) is 7. The predicted molar refractivity (Wildman–Crippen MR) is 165 cm³/mol. The molecule has 11 heteroatoms. The first-order valence-corrected chi connectivity index (χ1v) is 15.3. The summed E-state index contributed by atoms with van der Waals surface area (Å²) in [6.07, 6.45) is 3.90. The molecule has 2 aliphatic rings. The van der Waals surface area contributed by atoms with Crippen LogP contribution >= 0.6 is 0 Å². The molecule has 2 amide bonds. The van der Waals surface area contributed by atoms with Crippen molar-refractivity contribution in [3.05, 3.63) is 61.7 Å². The van der Waals surface area contributed by atoms with Gasteiger partial charge < -0.3 is 29.6 Å². The zero-order chi connectivity index (χ0) is 31.7. The molecular weight excluding hydrogens is 565 g/mol. The lowest BCUT2D eigenvalue weighted by molar-refractivity contribution is -0.138. The summed E-state index contributed by atoms with van der Waals surface area (Å²) < 4.78 is 22.4. The van der Waals surface area contributed by atoms with Gasteiger partial charge >= 0.3 is 0 Å². The average molecular weight is 606 g/mol. The van der Waals surface area contributed by atoms with E-state index in [1.807, 2.05) is 19.9 Å². The van der Waals surface area contributed by atoms with Crippen LogP contribution in [0.4, 0.5) is 4.39 Å². The van der Waals surface area contributed by atoms with Gasteiger partial charge in [-0.2, -0.15) is 0 Å². The smallest absolute Gasteiger partial charge is 0.254 e. The van der Waals surface area contributed by atoms with Crippen LogP contribution in [0.2, 0.25) is 0 Å². The number of halogens is 1. The lowest BCUT2D eigenvalue weighted by Crippen LogP contribution is -2.38. The Kier molecular flexibility index (Phi) is 9.26. The third kappa shape index (κ3) is 5.43. The standard InChI is InChI=1S/C33H40FN5O5/c1-6-8-21-22(19(7-2)15-40)11-27-32-23(14-39(27)33(21)43)31-26(38(5)29(42)16-44-17-36-28(41)13-35-4)10-9-20-18(3)24(34)12-25(37-32)30(20)31/h11-12,15,19,26,35H,6-10,13-14,16-17H2,1-5H3,(H,36,41). The van der Waals surface area contributed by atoms with Gasteiger partial charge in [-0.3, -0.25) is 14.4 Å². The molecule has 2 unspecified atom stereocenters. The highest BCUT2D eigenvalue weighted by molar-refractivity contribution is 5.93. The highest BCUT2D eigenvalue weighted by Gasteiger charge is 2.37. The van der Waals surface area contributed by atoms with Crippen LogP contribution in [0.3, 0.4) is 0 Å². The number of amides is 2. The van der Waals surface area contributed by atoms with E-state index in [-0.39, 0.29) is 55.7 Å². The molecule has 0 bridgehead atoms. The van der Waals surface area contributed by atoms with E-state index in [1.54, 1.807) is 30.5 Å². The van der Waals surface area contributed by atoms with Crippen LogP contribution in [0.25, 0.3) is 22.3 Å². The summed E-state index contributed by atoms with van der Waals surface area (Å²) in [4.78, 5) is 57.6. The molecule has 44 heavy (non-hydrogen) atoms. The molecule has 0 spiro atoms. The summed E-state index contributed by atoms with van der Waals surface area (Å²) in [6.45, 7) is 5.79. The highest BCUT2D eigenvalue weighted by Crippen LogP contribution is 2.46. The van der Waals surface area contributed by atoms with Crippen molar-refractivity contribution < 1.29 is 23.5 Å². The summed E-state index contributed by atoms with van der Waals surface area (Å²) in [5.41, 5.74) is 6.05. The molecule has 0 saturated heterocycles. The molecule has 0 fully saturated rings. The van der Waals surface area contributed by atoms with E-state index in [1.165, 1.54) is 6.07 Å². The Bertz CT molecular complexity index is 1700. The van der Waals surface area contributed by atoms with Gasteiger partial charge in [-0.05, 0) is 68.0 Å². The SMILES string of the molecule is CCCc1c(C(C=O)CC)cc2n(c1=O)Cc1c-2nc2cc(F)c(C)c3c2c1C(N(C)C(=O)COCNC(=O)CNC)CC3. The third-order valence-electron chi connectivity index (χ3n) is 9.04. The monoisotopic (exact) mass is 605 g/mol. The van der Waals surface area contributed by atoms with Gasteiger partial charge in [-0.15, -0.1) is 0 Å². The Labute approximate surface area is 256 Å². The Balaban J connectivity index is 1.61. The van der Waals surface area contributed by atoms with E-state index in [4.69, 9.17) is 9.72 Å². The first-order chi connectivity index (χ1) is 21.2. The van der Waals surface area contributed by atoms with Crippen LogP contribution in [-0.2, 0) is 38.5 Å². The van der Waals surface area contributed by atoms with Crippen molar-refractivity contribution in [2.45, 2.75) is 71.4 Å². The van der Waals surface area contributed by atoms with Crippen molar-refractivity contribution in [3.63, 3.8) is 0 Å². The first-order valence-electron chi connectivity index (χ1n) is 15.3. The van der Waals surface area contributed by atoms with Gasteiger partial charge in [0.1, 0.15) is 25.4 Å². The van der Waals surface area contributed by atoms with Gasteiger partial charge in [-0.1, -0.05) is 20.3 Å². The Morgan fingerprint density at radius 2 is 2.05 bits per heavy atom. The number of fused-ring (bicyclic) bond motifs is 4. The molecule has 1 aromatic carbocycles. The van der Waals surface area contributed by atoms with Crippen molar-refractivity contribution in [2.75, 3.05) is 34.0 Å². The zero-order valence-corrected chi connectivity index (χ0v) is 26.0. The molecule has 3 heterocycles. The Morgan fingerprint density at radius 1 is 1.27 bits per heavy atom. The van der Waals surface area contributed by atoms with Crippen molar-refractivity contribution >= 4 is 29.0 Å². The number of pyridine rings is 2. The Hall–Kier alpha value is -3.96. The van der Waals surface area contributed by atoms with E-state index in [2.05, 4.69) is 10.6 Å².